The topological polar surface area (TPSA) is 145 Å². The van der Waals surface area contributed by atoms with Gasteiger partial charge in [0.1, 0.15) is 21.2 Å². The minimum absolute atomic E-state index is 0.0319. The summed E-state index contributed by atoms with van der Waals surface area (Å²) in [5.74, 6) is 0.543. The first-order valence-electron chi connectivity index (χ1n) is 11.9. The van der Waals surface area contributed by atoms with Gasteiger partial charge in [-0.3, -0.25) is 4.79 Å². The number of amidine groups is 1. The van der Waals surface area contributed by atoms with Crippen LogP contribution in [0, 0.1) is 23.7 Å². The summed E-state index contributed by atoms with van der Waals surface area (Å²) in [6.07, 6.45) is 7.31. The standard InChI is InChI=1S/C22H28N4O6S3/c1-34(29,30)23-9-14-10-33-21-19(14)35(31,32)25-20(24-21)16-18(27)15-12-4-5-13(8-12)17(15)26(22(16)28)7-6-11-2-3-11/h10-13,15,17,23,27H,2-9H2,1H3,(H,24,25)/t12-,13+,15-,17+/m1/s1. The van der Waals surface area contributed by atoms with Crippen molar-refractivity contribution in [2.45, 2.75) is 56.0 Å². The van der Waals surface area contributed by atoms with E-state index in [1.165, 1.54) is 12.8 Å². The molecule has 3 fully saturated rings. The van der Waals surface area contributed by atoms with Gasteiger partial charge in [-0.1, -0.05) is 12.8 Å². The van der Waals surface area contributed by atoms with Crippen LogP contribution in [0.25, 0.3) is 0 Å². The highest BCUT2D eigenvalue weighted by Gasteiger charge is 2.57. The molecule has 2 bridgehead atoms. The molecule has 0 spiro atoms. The third kappa shape index (κ3) is 4.00. The van der Waals surface area contributed by atoms with Gasteiger partial charge < -0.3 is 15.3 Å². The van der Waals surface area contributed by atoms with E-state index in [2.05, 4.69) is 14.4 Å². The number of thiophene rings is 1. The molecule has 5 aliphatic rings. The summed E-state index contributed by atoms with van der Waals surface area (Å²) in [5.41, 5.74) is 0.228. The van der Waals surface area contributed by atoms with Gasteiger partial charge in [-0.2, -0.15) is 8.42 Å². The molecule has 0 aromatic carbocycles. The minimum atomic E-state index is -4.22. The summed E-state index contributed by atoms with van der Waals surface area (Å²) in [6, 6.07) is -0.0319. The van der Waals surface area contributed by atoms with Crippen LogP contribution < -0.4 is 10.0 Å². The van der Waals surface area contributed by atoms with Crippen molar-refractivity contribution in [3.8, 4) is 0 Å². The maximum absolute atomic E-state index is 13.7. The third-order valence-electron chi connectivity index (χ3n) is 8.03. The Morgan fingerprint density at radius 1 is 1.26 bits per heavy atom. The molecule has 13 heteroatoms. The van der Waals surface area contributed by atoms with E-state index in [1.54, 1.807) is 5.38 Å². The van der Waals surface area contributed by atoms with Gasteiger partial charge >= 0.3 is 0 Å². The summed E-state index contributed by atoms with van der Waals surface area (Å²) in [7, 11) is -7.74. The molecule has 10 nitrogen and oxygen atoms in total. The number of carbonyl (C=O) groups is 1. The van der Waals surface area contributed by atoms with Gasteiger partial charge in [0.2, 0.25) is 10.0 Å². The number of nitrogens with zero attached hydrogens (tertiary/aromatic N) is 2. The molecule has 4 atom stereocenters. The molecular weight excluding hydrogens is 512 g/mol. The Morgan fingerprint density at radius 2 is 2.00 bits per heavy atom. The number of nitrogens with one attached hydrogen (secondary N) is 2. The second-order valence-electron chi connectivity index (χ2n) is 10.4. The lowest BCUT2D eigenvalue weighted by Crippen LogP contribution is -2.54. The largest absolute Gasteiger partial charge is 0.511 e. The molecular formula is C22H28N4O6S3. The molecule has 0 radical (unpaired) electrons. The summed E-state index contributed by atoms with van der Waals surface area (Å²) in [6.45, 7) is 0.418. The molecule has 2 aliphatic heterocycles. The van der Waals surface area contributed by atoms with E-state index in [4.69, 9.17) is 0 Å². The van der Waals surface area contributed by atoms with E-state index >= 15 is 0 Å². The number of anilines is 1. The fourth-order valence-electron chi connectivity index (χ4n) is 6.34. The van der Waals surface area contributed by atoms with Crippen molar-refractivity contribution in [2.75, 3.05) is 18.1 Å². The van der Waals surface area contributed by atoms with E-state index < -0.39 is 20.0 Å². The van der Waals surface area contributed by atoms with Crippen LogP contribution in [0.15, 0.2) is 26.0 Å². The van der Waals surface area contributed by atoms with Crippen LogP contribution in [-0.4, -0.2) is 57.4 Å². The number of hydrogen-bond acceptors (Lipinski definition) is 8. The van der Waals surface area contributed by atoms with Gasteiger partial charge in [0, 0.05) is 30.6 Å². The molecule has 3 saturated carbocycles. The maximum Gasteiger partial charge on any atom is 0.287 e. The molecule has 3 aliphatic carbocycles. The zero-order valence-electron chi connectivity index (χ0n) is 19.2. The van der Waals surface area contributed by atoms with Crippen LogP contribution in [0.5, 0.6) is 0 Å². The van der Waals surface area contributed by atoms with Gasteiger partial charge in [0.25, 0.3) is 15.9 Å². The van der Waals surface area contributed by atoms with E-state index in [9.17, 15) is 26.7 Å². The summed E-state index contributed by atoms with van der Waals surface area (Å²) < 4.78 is 55.5. The summed E-state index contributed by atoms with van der Waals surface area (Å²) >= 11 is 1.09. The molecule has 6 rings (SSSR count). The number of sulfonamides is 2. The molecule has 3 heterocycles. The summed E-state index contributed by atoms with van der Waals surface area (Å²) in [4.78, 5) is 15.5. The van der Waals surface area contributed by atoms with Crippen molar-refractivity contribution in [1.29, 1.82) is 0 Å². The van der Waals surface area contributed by atoms with Gasteiger partial charge in [0.05, 0.1) is 6.26 Å². The van der Waals surface area contributed by atoms with Crippen molar-refractivity contribution in [3.63, 3.8) is 0 Å². The molecule has 0 saturated heterocycles. The maximum atomic E-state index is 13.7. The molecule has 1 amide bonds. The lowest BCUT2D eigenvalue weighted by Gasteiger charge is -2.44. The fraction of sp³-hybridized carbons (Fsp3) is 0.636. The van der Waals surface area contributed by atoms with E-state index in [1.807, 2.05) is 4.90 Å². The van der Waals surface area contributed by atoms with E-state index in [0.717, 1.165) is 43.3 Å². The van der Waals surface area contributed by atoms with Crippen LogP contribution in [0.1, 0.15) is 44.1 Å². The van der Waals surface area contributed by atoms with Gasteiger partial charge in [-0.25, -0.2) is 13.1 Å². The number of aliphatic hydroxyl groups is 1. The van der Waals surface area contributed by atoms with Crippen LogP contribution in [0.3, 0.4) is 0 Å². The van der Waals surface area contributed by atoms with Gasteiger partial charge in [-0.05, 0) is 48.8 Å². The first-order chi connectivity index (χ1) is 16.5. The fourth-order valence-corrected chi connectivity index (χ4v) is 9.36. The van der Waals surface area contributed by atoms with E-state index in [-0.39, 0.29) is 63.0 Å². The number of rotatable bonds is 7. The highest BCUT2D eigenvalue weighted by atomic mass is 32.2. The number of carbonyl (C=O) groups excluding carboxylic acids is 1. The van der Waals surface area contributed by atoms with Crippen molar-refractivity contribution >= 4 is 48.1 Å². The van der Waals surface area contributed by atoms with Crippen molar-refractivity contribution in [3.05, 3.63) is 22.3 Å². The Balaban J connectivity index is 1.37. The Kier molecular flexibility index (Phi) is 5.37. The smallest absolute Gasteiger partial charge is 0.287 e. The second kappa shape index (κ2) is 8.02. The molecule has 3 N–H and O–H groups in total. The zero-order valence-corrected chi connectivity index (χ0v) is 21.7. The monoisotopic (exact) mass is 540 g/mol. The Hall–Kier alpha value is -1.96. The van der Waals surface area contributed by atoms with Gasteiger partial charge in [0.15, 0.2) is 5.84 Å². The highest BCUT2D eigenvalue weighted by molar-refractivity contribution is 7.91. The Labute approximate surface area is 208 Å². The Bertz CT molecular complexity index is 1380. The minimum Gasteiger partial charge on any atom is -0.511 e. The SMILES string of the molecule is CS(=O)(=O)NCc1csc2c1S(=O)(=O)N=C(C1=C(O)[C@@H]3[C@@H]4CC[C@@H](C4)[C@@H]3N(CCC3CC3)C1=O)N2. The lowest BCUT2D eigenvalue weighted by atomic mass is 9.77. The molecule has 1 aromatic heterocycles. The second-order valence-corrected chi connectivity index (χ2v) is 14.6. The molecule has 35 heavy (non-hydrogen) atoms. The van der Waals surface area contributed by atoms with Crippen LogP contribution in [0.4, 0.5) is 5.00 Å². The summed E-state index contributed by atoms with van der Waals surface area (Å²) in [5, 5.41) is 16.1. The third-order valence-corrected chi connectivity index (χ3v) is 11.2. The molecule has 0 unspecified atom stereocenters. The van der Waals surface area contributed by atoms with E-state index in [0.29, 0.717) is 18.4 Å². The van der Waals surface area contributed by atoms with Gasteiger partial charge in [-0.15, -0.1) is 15.7 Å². The predicted octanol–water partition coefficient (Wildman–Crippen LogP) is 2.18. The van der Waals surface area contributed by atoms with Crippen LogP contribution in [0.2, 0.25) is 0 Å². The van der Waals surface area contributed by atoms with Crippen molar-refractivity contribution in [1.82, 2.24) is 9.62 Å². The zero-order chi connectivity index (χ0) is 24.7. The molecule has 1 aromatic rings. The lowest BCUT2D eigenvalue weighted by molar-refractivity contribution is -0.133. The average Bonchev–Trinajstić information content (AvgIpc) is 3.16. The first kappa shape index (κ1) is 23.4. The first-order valence-corrected chi connectivity index (χ1v) is 16.2. The Morgan fingerprint density at radius 3 is 2.71 bits per heavy atom. The molecule has 190 valence electrons. The van der Waals surface area contributed by atoms with Crippen molar-refractivity contribution < 1.29 is 26.7 Å². The van der Waals surface area contributed by atoms with Crippen LogP contribution in [-0.2, 0) is 31.4 Å². The number of fused-ring (bicyclic) bond motifs is 6. The number of amides is 1. The predicted molar refractivity (Wildman–Crippen MR) is 131 cm³/mol. The quantitative estimate of drug-likeness (QED) is 0.481. The highest BCUT2D eigenvalue weighted by Crippen LogP contribution is 2.55. The number of hydrogen-bond donors (Lipinski definition) is 3. The van der Waals surface area contributed by atoms with Crippen molar-refractivity contribution in [2.24, 2.45) is 28.1 Å². The number of aliphatic hydroxyl groups excluding tert-OH is 1. The van der Waals surface area contributed by atoms with Crippen LogP contribution >= 0.6 is 11.3 Å². The normalized spacial score (nSPS) is 31.3. The average molecular weight is 541 g/mol.